The quantitative estimate of drug-likeness (QED) is 0.311. The summed E-state index contributed by atoms with van der Waals surface area (Å²) in [4.78, 5) is 23.9. The first-order valence-electron chi connectivity index (χ1n) is 14.3. The SMILES string of the molecule is C[C@@H]1c2ccccc2CCN1C(=O)c1cc(-c2cnn(C)n2)n2nc(-c3ccc(N4CC(OCCO)C4)cc3F)cc2n1. The van der Waals surface area contributed by atoms with E-state index in [9.17, 15) is 4.79 Å². The van der Waals surface area contributed by atoms with Gasteiger partial charge in [-0.05, 0) is 48.7 Å². The minimum Gasteiger partial charge on any atom is -0.394 e. The molecule has 1 N–H and O–H groups in total. The summed E-state index contributed by atoms with van der Waals surface area (Å²) in [6, 6.07) is 16.5. The molecule has 0 radical (unpaired) electrons. The van der Waals surface area contributed by atoms with E-state index in [2.05, 4.69) is 22.3 Å². The number of carbonyl (C=O) groups excluding carboxylic acids is 1. The fourth-order valence-corrected chi connectivity index (χ4v) is 5.94. The first kappa shape index (κ1) is 27.2. The summed E-state index contributed by atoms with van der Waals surface area (Å²) in [5, 5.41) is 22.3. The van der Waals surface area contributed by atoms with Crippen molar-refractivity contribution in [2.75, 3.05) is 37.7 Å². The summed E-state index contributed by atoms with van der Waals surface area (Å²) in [6.45, 7) is 4.16. The fraction of sp³-hybridized carbons (Fsp3) is 0.323. The Hall–Kier alpha value is -4.68. The van der Waals surface area contributed by atoms with Crippen LogP contribution in [0.2, 0.25) is 0 Å². The summed E-state index contributed by atoms with van der Waals surface area (Å²) >= 11 is 0. The van der Waals surface area contributed by atoms with Crippen molar-refractivity contribution in [2.45, 2.75) is 25.5 Å². The van der Waals surface area contributed by atoms with Crippen LogP contribution in [0.5, 0.6) is 0 Å². The number of benzene rings is 2. The lowest BCUT2D eigenvalue weighted by Crippen LogP contribution is -2.52. The largest absolute Gasteiger partial charge is 0.394 e. The van der Waals surface area contributed by atoms with E-state index in [1.165, 1.54) is 16.4 Å². The Balaban J connectivity index is 1.23. The Morgan fingerprint density at radius 2 is 1.93 bits per heavy atom. The number of aryl methyl sites for hydroxylation is 1. The molecule has 2 aliphatic rings. The highest BCUT2D eigenvalue weighted by Gasteiger charge is 2.31. The van der Waals surface area contributed by atoms with Crippen LogP contribution in [0.25, 0.3) is 28.3 Å². The van der Waals surface area contributed by atoms with E-state index in [0.717, 1.165) is 17.7 Å². The molecule has 0 unspecified atom stereocenters. The Morgan fingerprint density at radius 1 is 1.09 bits per heavy atom. The first-order valence-corrected chi connectivity index (χ1v) is 14.3. The van der Waals surface area contributed by atoms with Gasteiger partial charge in [0, 0.05) is 44.0 Å². The normalized spacial score (nSPS) is 16.9. The number of aliphatic hydroxyl groups excluding tert-OH is 1. The van der Waals surface area contributed by atoms with E-state index < -0.39 is 5.82 Å². The summed E-state index contributed by atoms with van der Waals surface area (Å²) in [5.74, 6) is -0.609. The van der Waals surface area contributed by atoms with Gasteiger partial charge in [0.2, 0.25) is 0 Å². The van der Waals surface area contributed by atoms with Crippen LogP contribution in [-0.4, -0.2) is 84.5 Å². The summed E-state index contributed by atoms with van der Waals surface area (Å²) < 4.78 is 22.6. The van der Waals surface area contributed by atoms with Crippen LogP contribution in [0.15, 0.2) is 60.8 Å². The highest BCUT2D eigenvalue weighted by atomic mass is 19.1. The molecule has 0 bridgehead atoms. The van der Waals surface area contributed by atoms with Crippen molar-refractivity contribution in [3.8, 4) is 22.6 Å². The van der Waals surface area contributed by atoms with Crippen LogP contribution >= 0.6 is 0 Å². The number of fused-ring (bicyclic) bond motifs is 2. The van der Waals surface area contributed by atoms with Gasteiger partial charge in [0.25, 0.3) is 5.91 Å². The lowest BCUT2D eigenvalue weighted by atomic mass is 9.93. The molecule has 5 aromatic rings. The van der Waals surface area contributed by atoms with Crippen LogP contribution in [0, 0.1) is 5.82 Å². The van der Waals surface area contributed by atoms with Gasteiger partial charge >= 0.3 is 0 Å². The Labute approximate surface area is 247 Å². The molecule has 1 amide bonds. The molecule has 12 heteroatoms. The van der Waals surface area contributed by atoms with Crippen LogP contribution in [0.4, 0.5) is 10.1 Å². The van der Waals surface area contributed by atoms with Crippen molar-refractivity contribution in [1.82, 2.24) is 34.5 Å². The maximum Gasteiger partial charge on any atom is 0.273 e. The zero-order valence-electron chi connectivity index (χ0n) is 23.9. The van der Waals surface area contributed by atoms with Crippen LogP contribution in [0.3, 0.4) is 0 Å². The average molecular weight is 583 g/mol. The Morgan fingerprint density at radius 3 is 2.70 bits per heavy atom. The van der Waals surface area contributed by atoms with Gasteiger partial charge in [-0.1, -0.05) is 24.3 Å². The lowest BCUT2D eigenvalue weighted by Gasteiger charge is -2.40. The maximum atomic E-state index is 15.5. The molecule has 5 heterocycles. The van der Waals surface area contributed by atoms with E-state index in [0.29, 0.717) is 54.5 Å². The van der Waals surface area contributed by atoms with Gasteiger partial charge in [-0.15, -0.1) is 0 Å². The van der Waals surface area contributed by atoms with Crippen LogP contribution < -0.4 is 4.90 Å². The number of ether oxygens (including phenoxy) is 1. The number of aliphatic hydroxyl groups is 1. The molecule has 7 rings (SSSR count). The number of nitrogens with zero attached hydrogens (tertiary/aromatic N) is 8. The number of hydrogen-bond donors (Lipinski definition) is 1. The molecule has 2 aromatic carbocycles. The standard InChI is InChI=1S/C31H31FN8O3/c1-19-23-6-4-3-5-20(23)9-10-39(19)31(42)27-14-29(28-16-33-37(2)35-28)40-30(34-27)15-26(36-40)24-8-7-21(13-25(24)32)38-17-22(18-38)43-12-11-41/h3-8,13-16,19,22,41H,9-12,17-18H2,1-2H3/t19-/m1/s1. The lowest BCUT2D eigenvalue weighted by molar-refractivity contribution is 0.0135. The minimum absolute atomic E-state index is 0.0200. The molecular weight excluding hydrogens is 551 g/mol. The monoisotopic (exact) mass is 582 g/mol. The molecule has 2 aliphatic heterocycles. The molecule has 43 heavy (non-hydrogen) atoms. The summed E-state index contributed by atoms with van der Waals surface area (Å²) in [5.41, 5.74) is 5.55. The van der Waals surface area contributed by atoms with Gasteiger partial charge in [0.05, 0.1) is 42.9 Å². The van der Waals surface area contributed by atoms with Gasteiger partial charge in [-0.2, -0.15) is 20.1 Å². The average Bonchev–Trinajstić information content (AvgIpc) is 3.62. The van der Waals surface area contributed by atoms with Gasteiger partial charge in [-0.25, -0.2) is 13.9 Å². The van der Waals surface area contributed by atoms with Crippen molar-refractivity contribution in [2.24, 2.45) is 7.05 Å². The minimum atomic E-state index is -0.418. The molecular formula is C31H31FN8O3. The van der Waals surface area contributed by atoms with E-state index in [1.54, 1.807) is 36.0 Å². The van der Waals surface area contributed by atoms with E-state index in [-0.39, 0.29) is 30.4 Å². The number of rotatable bonds is 7. The maximum absolute atomic E-state index is 15.5. The van der Waals surface area contributed by atoms with Crippen molar-refractivity contribution >= 4 is 17.2 Å². The molecule has 3 aromatic heterocycles. The number of carbonyl (C=O) groups is 1. The Kier molecular flexibility index (Phi) is 6.86. The predicted molar refractivity (Wildman–Crippen MR) is 157 cm³/mol. The fourth-order valence-electron chi connectivity index (χ4n) is 5.94. The third-order valence-electron chi connectivity index (χ3n) is 8.25. The van der Waals surface area contributed by atoms with Crippen molar-refractivity contribution in [1.29, 1.82) is 0 Å². The van der Waals surface area contributed by atoms with Gasteiger partial charge in [0.15, 0.2) is 5.65 Å². The summed E-state index contributed by atoms with van der Waals surface area (Å²) in [6.07, 6.45) is 2.40. The smallest absolute Gasteiger partial charge is 0.273 e. The number of hydrogen-bond acceptors (Lipinski definition) is 8. The number of halogens is 1. The topological polar surface area (TPSA) is 114 Å². The molecule has 1 atom stereocenters. The number of aromatic nitrogens is 6. The van der Waals surface area contributed by atoms with E-state index in [1.807, 2.05) is 34.9 Å². The second-order valence-electron chi connectivity index (χ2n) is 11.0. The highest BCUT2D eigenvalue weighted by molar-refractivity contribution is 5.94. The predicted octanol–water partition coefficient (Wildman–Crippen LogP) is 3.29. The zero-order chi connectivity index (χ0) is 29.7. The van der Waals surface area contributed by atoms with E-state index in [4.69, 9.17) is 19.9 Å². The Bertz CT molecular complexity index is 1830. The molecule has 11 nitrogen and oxygen atoms in total. The van der Waals surface area contributed by atoms with E-state index >= 15 is 4.39 Å². The van der Waals surface area contributed by atoms with Crippen molar-refractivity contribution in [3.05, 3.63) is 83.4 Å². The van der Waals surface area contributed by atoms with Crippen molar-refractivity contribution in [3.63, 3.8) is 0 Å². The molecule has 0 saturated carbocycles. The second kappa shape index (κ2) is 10.9. The molecule has 0 aliphatic carbocycles. The molecule has 1 fully saturated rings. The zero-order valence-corrected chi connectivity index (χ0v) is 23.9. The first-order chi connectivity index (χ1) is 20.9. The van der Waals surface area contributed by atoms with Gasteiger partial charge in [-0.3, -0.25) is 4.79 Å². The van der Waals surface area contributed by atoms with Crippen molar-refractivity contribution < 1.29 is 19.0 Å². The second-order valence-corrected chi connectivity index (χ2v) is 11.0. The molecule has 220 valence electrons. The summed E-state index contributed by atoms with van der Waals surface area (Å²) in [7, 11) is 1.71. The molecule has 1 saturated heterocycles. The van der Waals surface area contributed by atoms with Gasteiger partial charge in [0.1, 0.15) is 17.2 Å². The highest BCUT2D eigenvalue weighted by Crippen LogP contribution is 2.33. The number of anilines is 1. The third kappa shape index (κ3) is 4.92. The van der Waals surface area contributed by atoms with Crippen LogP contribution in [0.1, 0.15) is 34.6 Å². The third-order valence-corrected chi connectivity index (χ3v) is 8.25. The van der Waals surface area contributed by atoms with Gasteiger partial charge < -0.3 is 19.6 Å². The number of amides is 1. The molecule has 0 spiro atoms. The van der Waals surface area contributed by atoms with Crippen LogP contribution in [-0.2, 0) is 18.2 Å².